The highest BCUT2D eigenvalue weighted by Crippen LogP contribution is 2.65. The lowest BCUT2D eigenvalue weighted by Crippen LogP contribution is -2.35. The third-order valence-corrected chi connectivity index (χ3v) is 11.0. The van der Waals surface area contributed by atoms with Gasteiger partial charge < -0.3 is 4.90 Å². The number of halogens is 2. The second-order valence-corrected chi connectivity index (χ2v) is 13.3. The molecular formula is C39H21Cl2NO2S. The fourth-order valence-electron chi connectivity index (χ4n) is 7.38. The largest absolute Gasteiger partial charge is 0.301 e. The minimum Gasteiger partial charge on any atom is -0.301 e. The maximum atomic E-state index is 13.6. The first-order chi connectivity index (χ1) is 22.0. The van der Waals surface area contributed by atoms with Gasteiger partial charge in [-0.1, -0.05) is 108 Å². The fourth-order valence-corrected chi connectivity index (χ4v) is 8.91. The summed E-state index contributed by atoms with van der Waals surface area (Å²) in [6.45, 7) is 0. The molecule has 0 atom stereocenters. The van der Waals surface area contributed by atoms with Gasteiger partial charge in [0.25, 0.3) is 0 Å². The predicted molar refractivity (Wildman–Crippen MR) is 183 cm³/mol. The van der Waals surface area contributed by atoms with Gasteiger partial charge in [0.2, 0.25) is 0 Å². The maximum absolute atomic E-state index is 13.6. The van der Waals surface area contributed by atoms with E-state index in [9.17, 15) is 9.59 Å². The van der Waals surface area contributed by atoms with Crippen molar-refractivity contribution >= 4 is 68.6 Å². The van der Waals surface area contributed by atoms with Gasteiger partial charge in [-0.2, -0.15) is 0 Å². The minimum absolute atomic E-state index is 0.118. The van der Waals surface area contributed by atoms with Gasteiger partial charge in [-0.15, -0.1) is 11.3 Å². The number of hydrogen-bond donors (Lipinski definition) is 0. The topological polar surface area (TPSA) is 37.4 Å². The van der Waals surface area contributed by atoms with E-state index in [0.717, 1.165) is 26.8 Å². The van der Waals surface area contributed by atoms with Gasteiger partial charge in [-0.05, 0) is 70.3 Å². The molecule has 1 spiro atoms. The highest BCUT2D eigenvalue weighted by Gasteiger charge is 2.52. The lowest BCUT2D eigenvalue weighted by Gasteiger charge is -2.43. The normalized spacial score (nSPS) is 15.1. The first kappa shape index (κ1) is 26.6. The van der Waals surface area contributed by atoms with Gasteiger partial charge in [-0.3, -0.25) is 9.59 Å². The number of thiophene rings is 1. The van der Waals surface area contributed by atoms with Gasteiger partial charge in [0.05, 0.1) is 26.7 Å². The standard InChI is InChI=1S/C39H21Cl2NO2S/c40-33-20-26-27(21-34(33)41)37(44)28(36(26)43)18-23-19-32-38(45-23)42(22-10-2-1-3-11-22)35-17-9-8-16-31(35)39(32)29-14-6-4-12-24(29)25-13-5-7-15-30(25)39/h1-21H. The molecule has 2 aliphatic carbocycles. The van der Waals surface area contributed by atoms with E-state index in [1.807, 2.05) is 18.2 Å². The highest BCUT2D eigenvalue weighted by atomic mass is 35.5. The van der Waals surface area contributed by atoms with Crippen molar-refractivity contribution in [2.75, 3.05) is 4.90 Å². The number of hydrogen-bond acceptors (Lipinski definition) is 4. The smallest absolute Gasteiger partial charge is 0.197 e. The molecule has 0 amide bonds. The molecular weight excluding hydrogens is 617 g/mol. The summed E-state index contributed by atoms with van der Waals surface area (Å²) in [6, 6.07) is 41.4. The summed E-state index contributed by atoms with van der Waals surface area (Å²) in [4.78, 5) is 30.2. The van der Waals surface area contributed by atoms with Crippen LogP contribution in [0.1, 0.15) is 47.8 Å². The van der Waals surface area contributed by atoms with E-state index in [1.165, 1.54) is 39.9 Å². The SMILES string of the molecule is O=C1C(=Cc2cc3c(s2)N(c2ccccc2)c2ccccc2C32c3ccccc3-c3ccccc32)C(=O)c2cc(Cl)c(Cl)cc21. The van der Waals surface area contributed by atoms with Crippen molar-refractivity contribution in [3.8, 4) is 11.1 Å². The van der Waals surface area contributed by atoms with Crippen molar-refractivity contribution in [2.45, 2.75) is 5.41 Å². The molecule has 9 rings (SSSR count). The summed E-state index contributed by atoms with van der Waals surface area (Å²) in [7, 11) is 0. The Morgan fingerprint density at radius 1 is 0.578 bits per heavy atom. The Balaban J connectivity index is 1.34. The first-order valence-corrected chi connectivity index (χ1v) is 16.1. The molecule has 0 saturated carbocycles. The Hall–Kier alpha value is -4.74. The molecule has 0 N–H and O–H groups in total. The van der Waals surface area contributed by atoms with Crippen LogP contribution >= 0.6 is 34.5 Å². The van der Waals surface area contributed by atoms with Crippen molar-refractivity contribution in [3.05, 3.63) is 175 Å². The molecule has 0 unspecified atom stereocenters. The number of nitrogens with zero attached hydrogens (tertiary/aromatic N) is 1. The van der Waals surface area contributed by atoms with Gasteiger partial charge in [0, 0.05) is 27.3 Å². The zero-order valence-electron chi connectivity index (χ0n) is 23.6. The van der Waals surface area contributed by atoms with Crippen LogP contribution in [-0.4, -0.2) is 11.6 Å². The van der Waals surface area contributed by atoms with Crippen LogP contribution < -0.4 is 4.90 Å². The molecule has 1 aromatic heterocycles. The van der Waals surface area contributed by atoms with Gasteiger partial charge in [0.1, 0.15) is 5.00 Å². The zero-order chi connectivity index (χ0) is 30.4. The van der Waals surface area contributed by atoms with E-state index in [4.69, 9.17) is 23.2 Å². The van der Waals surface area contributed by atoms with Gasteiger partial charge >= 0.3 is 0 Å². The molecule has 0 radical (unpaired) electrons. The maximum Gasteiger partial charge on any atom is 0.197 e. The van der Waals surface area contributed by atoms with Crippen molar-refractivity contribution in [1.82, 2.24) is 0 Å². The number of carbonyl (C=O) groups excluding carboxylic acids is 2. The van der Waals surface area contributed by atoms with E-state index in [0.29, 0.717) is 0 Å². The molecule has 0 saturated heterocycles. The Bertz CT molecular complexity index is 2210. The average molecular weight is 639 g/mol. The molecule has 6 aromatic rings. The second kappa shape index (κ2) is 9.63. The number of benzene rings is 5. The molecule has 45 heavy (non-hydrogen) atoms. The summed E-state index contributed by atoms with van der Waals surface area (Å²) >= 11 is 14.0. The van der Waals surface area contributed by atoms with E-state index in [1.54, 1.807) is 17.4 Å². The monoisotopic (exact) mass is 637 g/mol. The Kier molecular flexibility index (Phi) is 5.70. The van der Waals surface area contributed by atoms with Gasteiger partial charge in [-0.25, -0.2) is 0 Å². The van der Waals surface area contributed by atoms with E-state index >= 15 is 0 Å². The number of rotatable bonds is 2. The summed E-state index contributed by atoms with van der Waals surface area (Å²) in [5.74, 6) is -0.677. The molecule has 214 valence electrons. The van der Waals surface area contributed by atoms with E-state index in [-0.39, 0.29) is 38.3 Å². The van der Waals surface area contributed by atoms with Crippen molar-refractivity contribution in [3.63, 3.8) is 0 Å². The molecule has 3 aliphatic rings. The highest BCUT2D eigenvalue weighted by molar-refractivity contribution is 7.17. The van der Waals surface area contributed by atoms with E-state index in [2.05, 4.69) is 95.9 Å². The van der Waals surface area contributed by atoms with Crippen LogP contribution in [0.4, 0.5) is 16.4 Å². The molecule has 0 bridgehead atoms. The predicted octanol–water partition coefficient (Wildman–Crippen LogP) is 10.7. The molecule has 1 aliphatic heterocycles. The van der Waals surface area contributed by atoms with Crippen LogP contribution in [0, 0.1) is 0 Å². The Labute approximate surface area is 273 Å². The number of para-hydroxylation sites is 2. The zero-order valence-corrected chi connectivity index (χ0v) is 25.9. The van der Waals surface area contributed by atoms with Crippen LogP contribution in [0.15, 0.2) is 127 Å². The number of Topliss-reactive ketones (excluding diaryl/α,β-unsaturated/α-hetero) is 2. The quantitative estimate of drug-likeness (QED) is 0.140. The van der Waals surface area contributed by atoms with Crippen LogP contribution in [0.25, 0.3) is 17.2 Å². The fraction of sp³-hybridized carbons (Fsp3) is 0.0256. The number of allylic oxidation sites excluding steroid dienone is 1. The van der Waals surface area contributed by atoms with Crippen molar-refractivity contribution in [2.24, 2.45) is 0 Å². The lowest BCUT2D eigenvalue weighted by atomic mass is 9.66. The molecule has 6 heteroatoms. The Morgan fingerprint density at radius 3 is 1.73 bits per heavy atom. The number of carbonyl (C=O) groups is 2. The van der Waals surface area contributed by atoms with Crippen LogP contribution in [0.2, 0.25) is 10.0 Å². The summed E-state index contributed by atoms with van der Waals surface area (Å²) in [5.41, 5.74) is 9.37. The Morgan fingerprint density at radius 2 is 1.11 bits per heavy atom. The summed E-state index contributed by atoms with van der Waals surface area (Å²) < 4.78 is 0. The number of fused-ring (bicyclic) bond motifs is 10. The van der Waals surface area contributed by atoms with Crippen molar-refractivity contribution < 1.29 is 9.59 Å². The average Bonchev–Trinajstić information content (AvgIpc) is 3.69. The third-order valence-electron chi connectivity index (χ3n) is 9.18. The lowest BCUT2D eigenvalue weighted by molar-refractivity contribution is 0.0990. The summed E-state index contributed by atoms with van der Waals surface area (Å²) in [5, 5.41) is 1.54. The van der Waals surface area contributed by atoms with Crippen molar-refractivity contribution in [1.29, 1.82) is 0 Å². The molecule has 2 heterocycles. The van der Waals surface area contributed by atoms with Crippen LogP contribution in [0.5, 0.6) is 0 Å². The third kappa shape index (κ3) is 3.53. The molecule has 3 nitrogen and oxygen atoms in total. The minimum atomic E-state index is -0.592. The second-order valence-electron chi connectivity index (χ2n) is 11.4. The number of ketones is 2. The van der Waals surface area contributed by atoms with Gasteiger partial charge in [0.15, 0.2) is 11.6 Å². The molecule has 5 aromatic carbocycles. The number of anilines is 3. The first-order valence-electron chi connectivity index (χ1n) is 14.6. The van der Waals surface area contributed by atoms with Crippen LogP contribution in [0.3, 0.4) is 0 Å². The molecule has 0 fully saturated rings. The van der Waals surface area contributed by atoms with Crippen LogP contribution in [-0.2, 0) is 5.41 Å². The van der Waals surface area contributed by atoms with E-state index < -0.39 is 5.41 Å². The summed E-state index contributed by atoms with van der Waals surface area (Å²) in [6.07, 6.45) is 1.74.